The van der Waals surface area contributed by atoms with E-state index in [0.29, 0.717) is 32.7 Å². The summed E-state index contributed by atoms with van der Waals surface area (Å²) in [4.78, 5) is 23.6. The number of nitrogens with one attached hydrogen (secondary N) is 2. The molecule has 6 nitrogen and oxygen atoms in total. The highest BCUT2D eigenvalue weighted by molar-refractivity contribution is 6.33. The predicted octanol–water partition coefficient (Wildman–Crippen LogP) is 3.84. The SMILES string of the molecule is COC(=O)c1ccc(Cl)c(NCC(=O)Nc2ccc(OC)c(Cl)c2)c1. The van der Waals surface area contributed by atoms with Crippen LogP contribution in [0, 0.1) is 0 Å². The van der Waals surface area contributed by atoms with Crippen molar-refractivity contribution in [3.05, 3.63) is 52.0 Å². The molecule has 1 amide bonds. The Morgan fingerprint density at radius 3 is 2.44 bits per heavy atom. The molecule has 0 saturated carbocycles. The summed E-state index contributed by atoms with van der Waals surface area (Å²) in [6.07, 6.45) is 0. The number of carbonyl (C=O) groups excluding carboxylic acids is 2. The smallest absolute Gasteiger partial charge is 0.337 e. The average molecular weight is 383 g/mol. The summed E-state index contributed by atoms with van der Waals surface area (Å²) >= 11 is 12.1. The van der Waals surface area contributed by atoms with Gasteiger partial charge in [0.1, 0.15) is 5.75 Å². The largest absolute Gasteiger partial charge is 0.495 e. The zero-order valence-corrected chi connectivity index (χ0v) is 15.1. The molecular formula is C17H16Cl2N2O4. The van der Waals surface area contributed by atoms with Gasteiger partial charge in [0.15, 0.2) is 0 Å². The Hall–Kier alpha value is -2.44. The molecule has 2 aromatic rings. The van der Waals surface area contributed by atoms with Gasteiger partial charge in [-0.2, -0.15) is 0 Å². The van der Waals surface area contributed by atoms with Crippen LogP contribution in [0.4, 0.5) is 11.4 Å². The van der Waals surface area contributed by atoms with Gasteiger partial charge in [-0.05, 0) is 36.4 Å². The normalized spacial score (nSPS) is 10.1. The molecule has 2 N–H and O–H groups in total. The van der Waals surface area contributed by atoms with Gasteiger partial charge in [-0.1, -0.05) is 23.2 Å². The summed E-state index contributed by atoms with van der Waals surface area (Å²) in [6, 6.07) is 9.53. The Labute approximate surface area is 155 Å². The fourth-order valence-electron chi connectivity index (χ4n) is 2.03. The third kappa shape index (κ3) is 5.01. The molecule has 0 unspecified atom stereocenters. The summed E-state index contributed by atoms with van der Waals surface area (Å²) < 4.78 is 9.71. The van der Waals surface area contributed by atoms with Gasteiger partial charge in [0.2, 0.25) is 5.91 Å². The number of halogens is 2. The van der Waals surface area contributed by atoms with Crippen molar-refractivity contribution >= 4 is 46.5 Å². The Bertz CT molecular complexity index is 796. The van der Waals surface area contributed by atoms with Crippen LogP contribution in [-0.2, 0) is 9.53 Å². The first-order chi connectivity index (χ1) is 11.9. The van der Waals surface area contributed by atoms with Gasteiger partial charge < -0.3 is 20.1 Å². The van der Waals surface area contributed by atoms with E-state index in [4.69, 9.17) is 27.9 Å². The molecule has 0 spiro atoms. The van der Waals surface area contributed by atoms with Gasteiger partial charge >= 0.3 is 5.97 Å². The fraction of sp³-hybridized carbons (Fsp3) is 0.176. The lowest BCUT2D eigenvalue weighted by molar-refractivity contribution is -0.114. The summed E-state index contributed by atoms with van der Waals surface area (Å²) in [5.74, 6) is -0.276. The number of hydrogen-bond donors (Lipinski definition) is 2. The first kappa shape index (κ1) is 18.9. The number of methoxy groups -OCH3 is 2. The van der Waals surface area contributed by atoms with Crippen molar-refractivity contribution in [3.8, 4) is 5.75 Å². The van der Waals surface area contributed by atoms with Gasteiger partial charge in [0.25, 0.3) is 0 Å². The van der Waals surface area contributed by atoms with E-state index in [-0.39, 0.29) is 12.5 Å². The zero-order chi connectivity index (χ0) is 18.4. The van der Waals surface area contributed by atoms with E-state index in [2.05, 4.69) is 15.4 Å². The zero-order valence-electron chi connectivity index (χ0n) is 13.6. The van der Waals surface area contributed by atoms with Crippen molar-refractivity contribution in [3.63, 3.8) is 0 Å². The van der Waals surface area contributed by atoms with Crippen LogP contribution in [0.5, 0.6) is 5.75 Å². The first-order valence-electron chi connectivity index (χ1n) is 7.19. The van der Waals surface area contributed by atoms with Crippen LogP contribution in [0.2, 0.25) is 10.0 Å². The maximum atomic E-state index is 12.1. The van der Waals surface area contributed by atoms with Crippen molar-refractivity contribution in [2.24, 2.45) is 0 Å². The minimum absolute atomic E-state index is 0.0476. The van der Waals surface area contributed by atoms with Gasteiger partial charge in [0.05, 0.1) is 42.1 Å². The molecule has 25 heavy (non-hydrogen) atoms. The monoisotopic (exact) mass is 382 g/mol. The molecule has 132 valence electrons. The summed E-state index contributed by atoms with van der Waals surface area (Å²) in [5, 5.41) is 6.35. The number of rotatable bonds is 6. The van der Waals surface area contributed by atoms with E-state index in [1.165, 1.54) is 20.3 Å². The van der Waals surface area contributed by atoms with Crippen LogP contribution in [0.3, 0.4) is 0 Å². The lowest BCUT2D eigenvalue weighted by Gasteiger charge is -2.11. The van der Waals surface area contributed by atoms with E-state index >= 15 is 0 Å². The van der Waals surface area contributed by atoms with E-state index in [0.717, 1.165) is 0 Å². The molecule has 0 heterocycles. The first-order valence-corrected chi connectivity index (χ1v) is 7.95. The van der Waals surface area contributed by atoms with Crippen LogP contribution < -0.4 is 15.4 Å². The van der Waals surface area contributed by atoms with Crippen molar-refractivity contribution in [1.29, 1.82) is 0 Å². The van der Waals surface area contributed by atoms with Crippen LogP contribution in [0.25, 0.3) is 0 Å². The average Bonchev–Trinajstić information content (AvgIpc) is 2.60. The molecule has 0 aromatic heterocycles. The molecule has 0 radical (unpaired) electrons. The van der Waals surface area contributed by atoms with Gasteiger partial charge in [0, 0.05) is 5.69 Å². The number of carbonyl (C=O) groups is 2. The second kappa shape index (κ2) is 8.60. The quantitative estimate of drug-likeness (QED) is 0.742. The van der Waals surface area contributed by atoms with Crippen LogP contribution in [0.15, 0.2) is 36.4 Å². The number of amides is 1. The number of anilines is 2. The highest BCUT2D eigenvalue weighted by atomic mass is 35.5. The predicted molar refractivity (Wildman–Crippen MR) is 97.9 cm³/mol. The number of benzene rings is 2. The molecule has 2 aromatic carbocycles. The van der Waals surface area contributed by atoms with Crippen molar-refractivity contribution < 1.29 is 19.1 Å². The second-order valence-corrected chi connectivity index (χ2v) is 5.75. The van der Waals surface area contributed by atoms with Crippen molar-refractivity contribution in [2.75, 3.05) is 31.4 Å². The third-order valence-corrected chi connectivity index (χ3v) is 3.89. The molecule has 8 heteroatoms. The van der Waals surface area contributed by atoms with Crippen LogP contribution in [0.1, 0.15) is 10.4 Å². The van der Waals surface area contributed by atoms with E-state index < -0.39 is 5.97 Å². The minimum atomic E-state index is -0.489. The molecule has 0 fully saturated rings. The Morgan fingerprint density at radius 2 is 1.80 bits per heavy atom. The molecule has 0 aliphatic heterocycles. The molecule has 0 saturated heterocycles. The standard InChI is InChI=1S/C17H16Cl2N2O4/c1-24-15-6-4-11(8-13(15)19)21-16(22)9-20-14-7-10(17(23)25-2)3-5-12(14)18/h3-8,20H,9H2,1-2H3,(H,21,22). The van der Waals surface area contributed by atoms with E-state index in [1.54, 1.807) is 30.3 Å². The topological polar surface area (TPSA) is 76.7 Å². The fourth-order valence-corrected chi connectivity index (χ4v) is 2.47. The van der Waals surface area contributed by atoms with Gasteiger partial charge in [-0.3, -0.25) is 4.79 Å². The lowest BCUT2D eigenvalue weighted by Crippen LogP contribution is -2.22. The summed E-state index contributed by atoms with van der Waals surface area (Å²) in [6.45, 7) is -0.0476. The number of ether oxygens (including phenoxy) is 2. The maximum Gasteiger partial charge on any atom is 0.337 e. The maximum absolute atomic E-state index is 12.1. The van der Waals surface area contributed by atoms with Crippen molar-refractivity contribution in [1.82, 2.24) is 0 Å². The van der Waals surface area contributed by atoms with Gasteiger partial charge in [-0.25, -0.2) is 4.79 Å². The second-order valence-electron chi connectivity index (χ2n) is 4.94. The molecular weight excluding hydrogens is 367 g/mol. The summed E-state index contributed by atoms with van der Waals surface area (Å²) in [7, 11) is 2.80. The lowest BCUT2D eigenvalue weighted by atomic mass is 10.2. The Morgan fingerprint density at radius 1 is 1.04 bits per heavy atom. The molecule has 0 aliphatic rings. The number of hydrogen-bond acceptors (Lipinski definition) is 5. The van der Waals surface area contributed by atoms with Crippen molar-refractivity contribution in [2.45, 2.75) is 0 Å². The molecule has 2 rings (SSSR count). The highest BCUT2D eigenvalue weighted by Crippen LogP contribution is 2.27. The summed E-state index contributed by atoms with van der Waals surface area (Å²) in [5.41, 5.74) is 1.32. The number of esters is 1. The minimum Gasteiger partial charge on any atom is -0.495 e. The molecule has 0 aliphatic carbocycles. The van der Waals surface area contributed by atoms with E-state index in [9.17, 15) is 9.59 Å². The molecule has 0 atom stereocenters. The van der Waals surface area contributed by atoms with Crippen LogP contribution >= 0.6 is 23.2 Å². The Kier molecular flexibility index (Phi) is 6.50. The highest BCUT2D eigenvalue weighted by Gasteiger charge is 2.10. The third-order valence-electron chi connectivity index (χ3n) is 3.26. The van der Waals surface area contributed by atoms with E-state index in [1.807, 2.05) is 0 Å². The molecule has 0 bridgehead atoms. The Balaban J connectivity index is 2.00. The van der Waals surface area contributed by atoms with Gasteiger partial charge in [-0.15, -0.1) is 0 Å². The van der Waals surface area contributed by atoms with Crippen LogP contribution in [-0.4, -0.2) is 32.6 Å².